The Bertz CT molecular complexity index is 525. The van der Waals surface area contributed by atoms with Crippen molar-refractivity contribution >= 4 is 11.6 Å². The number of hydrogen-bond acceptors (Lipinski definition) is 3. The van der Waals surface area contributed by atoms with Gasteiger partial charge in [0.15, 0.2) is 0 Å². The summed E-state index contributed by atoms with van der Waals surface area (Å²) >= 11 is 5.87. The van der Waals surface area contributed by atoms with Crippen molar-refractivity contribution in [2.45, 2.75) is 0 Å². The summed E-state index contributed by atoms with van der Waals surface area (Å²) in [7, 11) is 0. The lowest BCUT2D eigenvalue weighted by molar-refractivity contribution is 0.472. The van der Waals surface area contributed by atoms with Gasteiger partial charge in [0.1, 0.15) is 5.75 Å². The van der Waals surface area contributed by atoms with Crippen molar-refractivity contribution in [3.8, 4) is 11.5 Å². The first-order valence-electron chi connectivity index (χ1n) is 4.22. The van der Waals surface area contributed by atoms with Gasteiger partial charge >= 0.3 is 0 Å². The smallest absolute Gasteiger partial charge is 0.293 e. The Morgan fingerprint density at radius 1 is 1.27 bits per heavy atom. The Morgan fingerprint density at radius 2 is 2.07 bits per heavy atom. The second-order valence-corrected chi connectivity index (χ2v) is 3.18. The summed E-state index contributed by atoms with van der Waals surface area (Å²) in [4.78, 5) is 17.4. The molecule has 1 aromatic carbocycles. The van der Waals surface area contributed by atoms with Crippen molar-refractivity contribution in [2.75, 3.05) is 0 Å². The molecule has 76 valence electrons. The highest BCUT2D eigenvalue weighted by atomic mass is 35.5. The highest BCUT2D eigenvalue weighted by Crippen LogP contribution is 2.26. The van der Waals surface area contributed by atoms with Crippen LogP contribution in [0.2, 0.25) is 5.02 Å². The molecule has 2 rings (SSSR count). The third kappa shape index (κ3) is 2.16. The summed E-state index contributed by atoms with van der Waals surface area (Å²) in [6.07, 6.45) is 2.63. The maximum Gasteiger partial charge on any atom is 0.293 e. The van der Waals surface area contributed by atoms with Gasteiger partial charge in [-0.3, -0.25) is 4.79 Å². The normalized spacial score (nSPS) is 9.93. The molecule has 1 aromatic heterocycles. The van der Waals surface area contributed by atoms with E-state index in [1.54, 1.807) is 24.3 Å². The van der Waals surface area contributed by atoms with Crippen LogP contribution >= 0.6 is 11.6 Å². The topological polar surface area (TPSA) is 55.0 Å². The van der Waals surface area contributed by atoms with Gasteiger partial charge < -0.3 is 9.72 Å². The molecule has 2 aromatic rings. The number of H-pyrrole nitrogens is 1. The van der Waals surface area contributed by atoms with E-state index in [1.165, 1.54) is 12.5 Å². The molecule has 1 N–H and O–H groups in total. The van der Waals surface area contributed by atoms with Gasteiger partial charge in [0.2, 0.25) is 5.75 Å². The third-order valence-corrected chi connectivity index (χ3v) is 2.05. The average Bonchev–Trinajstić information content (AvgIpc) is 2.24. The first-order chi connectivity index (χ1) is 7.27. The first-order valence-corrected chi connectivity index (χ1v) is 4.60. The minimum absolute atomic E-state index is 0.116. The molecule has 0 spiro atoms. The van der Waals surface area contributed by atoms with Crippen LogP contribution in [0.5, 0.6) is 11.5 Å². The van der Waals surface area contributed by atoms with E-state index < -0.39 is 0 Å². The molecule has 0 atom stereocenters. The second kappa shape index (κ2) is 4.14. The number of nitrogens with zero attached hydrogens (tertiary/aromatic N) is 1. The lowest BCUT2D eigenvalue weighted by Gasteiger charge is -2.04. The molecule has 0 radical (unpaired) electrons. The number of halogens is 1. The van der Waals surface area contributed by atoms with E-state index in [1.807, 2.05) is 0 Å². The summed E-state index contributed by atoms with van der Waals surface area (Å²) in [5.41, 5.74) is -0.343. The molecule has 1 heterocycles. The van der Waals surface area contributed by atoms with Gasteiger partial charge in [0.05, 0.1) is 17.5 Å². The average molecular weight is 223 g/mol. The Kier molecular flexibility index (Phi) is 2.69. The van der Waals surface area contributed by atoms with Gasteiger partial charge in [-0.2, -0.15) is 0 Å². The second-order valence-electron chi connectivity index (χ2n) is 2.78. The molecular weight excluding hydrogens is 216 g/mol. The van der Waals surface area contributed by atoms with Crippen LogP contribution in [0, 0.1) is 0 Å². The van der Waals surface area contributed by atoms with Crippen LogP contribution in [-0.2, 0) is 0 Å². The molecular formula is C10H7ClN2O2. The van der Waals surface area contributed by atoms with Crippen molar-refractivity contribution < 1.29 is 4.74 Å². The molecule has 15 heavy (non-hydrogen) atoms. The molecule has 0 aliphatic rings. The van der Waals surface area contributed by atoms with Gasteiger partial charge in [0, 0.05) is 0 Å². The Hall–Kier alpha value is -1.81. The van der Waals surface area contributed by atoms with Gasteiger partial charge in [-0.25, -0.2) is 4.98 Å². The summed E-state index contributed by atoms with van der Waals surface area (Å²) in [5, 5.41) is 0.445. The fourth-order valence-corrected chi connectivity index (χ4v) is 1.22. The van der Waals surface area contributed by atoms with E-state index >= 15 is 0 Å². The summed E-state index contributed by atoms with van der Waals surface area (Å²) < 4.78 is 5.30. The molecule has 0 unspecified atom stereocenters. The molecule has 0 bridgehead atoms. The molecule has 0 aliphatic heterocycles. The molecule has 0 fully saturated rings. The zero-order chi connectivity index (χ0) is 10.7. The highest BCUT2D eigenvalue weighted by Gasteiger charge is 2.04. The number of para-hydroxylation sites is 1. The minimum Gasteiger partial charge on any atom is -0.448 e. The summed E-state index contributed by atoms with van der Waals surface area (Å²) in [6.45, 7) is 0. The van der Waals surface area contributed by atoms with Crippen LogP contribution in [0.4, 0.5) is 0 Å². The van der Waals surface area contributed by atoms with Crippen molar-refractivity contribution in [1.82, 2.24) is 9.97 Å². The van der Waals surface area contributed by atoms with Crippen molar-refractivity contribution in [2.24, 2.45) is 0 Å². The van der Waals surface area contributed by atoms with Crippen molar-refractivity contribution in [1.29, 1.82) is 0 Å². The Balaban J connectivity index is 2.34. The van der Waals surface area contributed by atoms with E-state index in [9.17, 15) is 4.79 Å². The SMILES string of the molecule is O=c1[nH]cncc1Oc1ccccc1Cl. The fourth-order valence-electron chi connectivity index (χ4n) is 1.05. The molecule has 0 saturated heterocycles. The van der Waals surface area contributed by atoms with Crippen molar-refractivity contribution in [3.63, 3.8) is 0 Å². The van der Waals surface area contributed by atoms with Gasteiger partial charge in [-0.05, 0) is 12.1 Å². The number of aromatic amines is 1. The van der Waals surface area contributed by atoms with E-state index in [-0.39, 0.29) is 11.3 Å². The van der Waals surface area contributed by atoms with E-state index in [0.717, 1.165) is 0 Å². The largest absolute Gasteiger partial charge is 0.448 e. The summed E-state index contributed by atoms with van der Waals surface area (Å²) in [5.74, 6) is 0.545. The van der Waals surface area contributed by atoms with E-state index in [4.69, 9.17) is 16.3 Å². The molecule has 4 nitrogen and oxygen atoms in total. The van der Waals surface area contributed by atoms with Gasteiger partial charge in [0.25, 0.3) is 5.56 Å². The Labute approximate surface area is 90.5 Å². The van der Waals surface area contributed by atoms with Crippen LogP contribution in [-0.4, -0.2) is 9.97 Å². The number of hydrogen-bond donors (Lipinski definition) is 1. The molecule has 5 heteroatoms. The monoisotopic (exact) mass is 222 g/mol. The van der Waals surface area contributed by atoms with Crippen LogP contribution in [0.25, 0.3) is 0 Å². The van der Waals surface area contributed by atoms with Crippen LogP contribution in [0.15, 0.2) is 41.6 Å². The van der Waals surface area contributed by atoms with Gasteiger partial charge in [-0.15, -0.1) is 0 Å². The zero-order valence-corrected chi connectivity index (χ0v) is 8.36. The maximum atomic E-state index is 11.3. The minimum atomic E-state index is -0.343. The standard InChI is InChI=1S/C10H7ClN2O2/c11-7-3-1-2-4-8(7)15-9-5-12-6-13-10(9)14/h1-6H,(H,12,13,14). The summed E-state index contributed by atoms with van der Waals surface area (Å²) in [6, 6.07) is 6.91. The number of rotatable bonds is 2. The number of ether oxygens (including phenoxy) is 1. The van der Waals surface area contributed by atoms with E-state index in [2.05, 4.69) is 9.97 Å². The predicted molar refractivity (Wildman–Crippen MR) is 56.4 cm³/mol. The molecule has 0 aliphatic carbocycles. The first kappa shape index (κ1) is 9.73. The third-order valence-electron chi connectivity index (χ3n) is 1.74. The Morgan fingerprint density at radius 3 is 2.80 bits per heavy atom. The quantitative estimate of drug-likeness (QED) is 0.848. The van der Waals surface area contributed by atoms with Gasteiger partial charge in [-0.1, -0.05) is 23.7 Å². The van der Waals surface area contributed by atoms with Crippen LogP contribution in [0.3, 0.4) is 0 Å². The number of benzene rings is 1. The lowest BCUT2D eigenvalue weighted by atomic mass is 10.3. The molecule has 0 amide bonds. The van der Waals surface area contributed by atoms with E-state index in [0.29, 0.717) is 10.8 Å². The lowest BCUT2D eigenvalue weighted by Crippen LogP contribution is -2.08. The zero-order valence-electron chi connectivity index (χ0n) is 7.61. The van der Waals surface area contributed by atoms with Crippen LogP contribution in [0.1, 0.15) is 0 Å². The maximum absolute atomic E-state index is 11.3. The number of nitrogens with one attached hydrogen (secondary N) is 1. The fraction of sp³-hybridized carbons (Fsp3) is 0. The van der Waals surface area contributed by atoms with Crippen molar-refractivity contribution in [3.05, 3.63) is 52.2 Å². The van der Waals surface area contributed by atoms with Crippen LogP contribution < -0.4 is 10.3 Å². The number of aromatic nitrogens is 2. The molecule has 0 saturated carbocycles. The highest BCUT2D eigenvalue weighted by molar-refractivity contribution is 6.32. The predicted octanol–water partition coefficient (Wildman–Crippen LogP) is 2.22.